The van der Waals surface area contributed by atoms with Gasteiger partial charge in [0.1, 0.15) is 24.8 Å². The number of rotatable bonds is 8. The van der Waals surface area contributed by atoms with Crippen LogP contribution in [0, 0.1) is 0 Å². The number of anilines is 1. The Morgan fingerprint density at radius 1 is 1.57 bits per heavy atom. The number of esters is 1. The zero-order valence-corrected chi connectivity index (χ0v) is 18.0. The molecule has 2 aliphatic rings. The molecule has 1 aromatic heterocycles. The topological polar surface area (TPSA) is 136 Å². The molecule has 1 fully saturated rings. The van der Waals surface area contributed by atoms with Gasteiger partial charge < -0.3 is 25.5 Å². The molecule has 10 nitrogen and oxygen atoms in total. The second-order valence-electron chi connectivity index (χ2n) is 6.42. The number of aromatic nitrogens is 1. The summed E-state index contributed by atoms with van der Waals surface area (Å²) < 4.78 is 5.26. The zero-order chi connectivity index (χ0) is 21.9. The van der Waals surface area contributed by atoms with Gasteiger partial charge in [-0.05, 0) is 5.57 Å². The van der Waals surface area contributed by atoms with Gasteiger partial charge in [-0.2, -0.15) is 0 Å². The molecule has 0 aromatic carbocycles. The predicted molar refractivity (Wildman–Crippen MR) is 114 cm³/mol. The third kappa shape index (κ3) is 3.92. The van der Waals surface area contributed by atoms with Crippen LogP contribution < -0.4 is 11.1 Å². The van der Waals surface area contributed by atoms with Crippen molar-refractivity contribution in [1.29, 1.82) is 0 Å². The molecule has 3 rings (SSSR count). The normalized spacial score (nSPS) is 23.1. The minimum Gasteiger partial charge on any atom is -0.462 e. The number of fused-ring (bicyclic) bond motifs is 1. The van der Waals surface area contributed by atoms with Crippen LogP contribution in [0.15, 0.2) is 35.0 Å². The number of hydrogen-bond donors (Lipinski definition) is 2. The number of oxime groups is 1. The van der Waals surface area contributed by atoms with Crippen LogP contribution in [-0.4, -0.2) is 63.8 Å². The Kier molecular flexibility index (Phi) is 6.46. The van der Waals surface area contributed by atoms with Gasteiger partial charge in [0, 0.05) is 23.8 Å². The largest absolute Gasteiger partial charge is 0.462 e. The molecule has 1 saturated heterocycles. The van der Waals surface area contributed by atoms with Crippen molar-refractivity contribution in [2.75, 3.05) is 25.2 Å². The van der Waals surface area contributed by atoms with Gasteiger partial charge in [0.2, 0.25) is 0 Å². The lowest BCUT2D eigenvalue weighted by Gasteiger charge is -2.55. The van der Waals surface area contributed by atoms with Crippen LogP contribution >= 0.6 is 23.1 Å². The molecule has 3 heterocycles. The van der Waals surface area contributed by atoms with E-state index in [1.807, 2.05) is 0 Å². The van der Waals surface area contributed by atoms with E-state index >= 15 is 0 Å². The van der Waals surface area contributed by atoms with E-state index < -0.39 is 28.7 Å². The predicted octanol–water partition coefficient (Wildman–Crippen LogP) is 0.869. The maximum atomic E-state index is 13.1. The first-order chi connectivity index (χ1) is 14.4. The quantitative estimate of drug-likeness (QED) is 0.257. The standard InChI is InChI=1S/C18H21N5O5S2/c1-4-10-6-23-15(26)18(16(23)29-7-10,9-28-12(24)5-2)21-14(25)13(22-27-3)11-8-30-17(19)20-11/h4,6,8,16H,1,5,7,9H2,2-3H3,(H2,19,20)(H,21,25)/t16-,18?/m0/s1. The van der Waals surface area contributed by atoms with Crippen molar-refractivity contribution in [3.05, 3.63) is 35.5 Å². The van der Waals surface area contributed by atoms with Crippen LogP contribution in [0.25, 0.3) is 0 Å². The van der Waals surface area contributed by atoms with Crippen molar-refractivity contribution >= 4 is 51.7 Å². The van der Waals surface area contributed by atoms with E-state index in [0.717, 1.165) is 16.9 Å². The molecule has 160 valence electrons. The molecule has 2 amide bonds. The fourth-order valence-electron chi connectivity index (χ4n) is 3.00. The van der Waals surface area contributed by atoms with Gasteiger partial charge >= 0.3 is 5.97 Å². The number of carbonyl (C=O) groups is 3. The Hall–Kier alpha value is -2.86. The third-order valence-electron chi connectivity index (χ3n) is 4.51. The number of ether oxygens (including phenoxy) is 1. The number of nitrogens with one attached hydrogen (secondary N) is 1. The maximum absolute atomic E-state index is 13.1. The highest BCUT2D eigenvalue weighted by Crippen LogP contribution is 2.43. The van der Waals surface area contributed by atoms with Crippen LogP contribution in [-0.2, 0) is 24.0 Å². The Balaban J connectivity index is 1.90. The van der Waals surface area contributed by atoms with E-state index in [0.29, 0.717) is 5.75 Å². The highest BCUT2D eigenvalue weighted by atomic mass is 32.2. The summed E-state index contributed by atoms with van der Waals surface area (Å²) in [5.41, 5.74) is 5.17. The molecule has 0 aliphatic carbocycles. The number of amides is 2. The van der Waals surface area contributed by atoms with E-state index in [-0.39, 0.29) is 29.6 Å². The first-order valence-electron chi connectivity index (χ1n) is 8.94. The number of nitrogen functional groups attached to an aromatic ring is 1. The molecule has 2 atom stereocenters. The fraction of sp³-hybridized carbons (Fsp3) is 0.389. The van der Waals surface area contributed by atoms with E-state index in [9.17, 15) is 14.4 Å². The molecule has 0 saturated carbocycles. The Bertz CT molecular complexity index is 943. The molecule has 1 aromatic rings. The van der Waals surface area contributed by atoms with Crippen molar-refractivity contribution in [3.63, 3.8) is 0 Å². The molecule has 0 bridgehead atoms. The first-order valence-corrected chi connectivity index (χ1v) is 10.9. The number of allylic oxidation sites excluding steroid dienone is 1. The average Bonchev–Trinajstić information content (AvgIpc) is 3.19. The second kappa shape index (κ2) is 8.88. The summed E-state index contributed by atoms with van der Waals surface area (Å²) in [5, 5.41) is 7.82. The van der Waals surface area contributed by atoms with Crippen molar-refractivity contribution < 1.29 is 24.0 Å². The smallest absolute Gasteiger partial charge is 0.305 e. The Morgan fingerprint density at radius 3 is 2.93 bits per heavy atom. The summed E-state index contributed by atoms with van der Waals surface area (Å²) in [6, 6.07) is 0. The van der Waals surface area contributed by atoms with Crippen molar-refractivity contribution in [2.24, 2.45) is 5.16 Å². The summed E-state index contributed by atoms with van der Waals surface area (Å²) in [7, 11) is 1.29. The van der Waals surface area contributed by atoms with Crippen molar-refractivity contribution in [1.82, 2.24) is 15.2 Å². The summed E-state index contributed by atoms with van der Waals surface area (Å²) in [6.45, 7) is 5.07. The van der Waals surface area contributed by atoms with E-state index in [4.69, 9.17) is 15.3 Å². The zero-order valence-electron chi connectivity index (χ0n) is 16.4. The summed E-state index contributed by atoms with van der Waals surface area (Å²) >= 11 is 2.57. The fourth-order valence-corrected chi connectivity index (χ4v) is 4.92. The van der Waals surface area contributed by atoms with Gasteiger partial charge in [-0.25, -0.2) is 4.98 Å². The van der Waals surface area contributed by atoms with Crippen molar-refractivity contribution in [2.45, 2.75) is 24.3 Å². The molecule has 12 heteroatoms. The SMILES string of the molecule is C=CC1=CN2C(=O)C(COC(=O)CC)(NC(=O)C(=NOC)c3csc(N)n3)[C@@H]2SC1. The van der Waals surface area contributed by atoms with Crippen LogP contribution in [0.5, 0.6) is 0 Å². The summed E-state index contributed by atoms with van der Waals surface area (Å²) in [4.78, 5) is 48.2. The molecule has 0 radical (unpaired) electrons. The molecular formula is C18H21N5O5S2. The monoisotopic (exact) mass is 451 g/mol. The lowest BCUT2D eigenvalue weighted by atomic mass is 9.88. The highest BCUT2D eigenvalue weighted by Gasteiger charge is 2.63. The number of hydrogen-bond acceptors (Lipinski definition) is 10. The minimum absolute atomic E-state index is 0.138. The Morgan fingerprint density at radius 2 is 2.33 bits per heavy atom. The maximum Gasteiger partial charge on any atom is 0.305 e. The van der Waals surface area contributed by atoms with Gasteiger partial charge in [0.05, 0.1) is 0 Å². The number of nitrogens with two attached hydrogens (primary N) is 1. The van der Waals surface area contributed by atoms with E-state index in [2.05, 4.69) is 22.0 Å². The van der Waals surface area contributed by atoms with Gasteiger partial charge in [0.25, 0.3) is 11.8 Å². The third-order valence-corrected chi connectivity index (χ3v) is 6.63. The summed E-state index contributed by atoms with van der Waals surface area (Å²) in [6.07, 6.45) is 3.50. The number of β-lactam (4-membered cyclic amide) rings is 1. The molecule has 0 spiro atoms. The van der Waals surface area contributed by atoms with Crippen LogP contribution in [0.1, 0.15) is 19.0 Å². The molecular weight excluding hydrogens is 430 g/mol. The van der Waals surface area contributed by atoms with Crippen LogP contribution in [0.2, 0.25) is 0 Å². The van der Waals surface area contributed by atoms with Gasteiger partial charge in [0.15, 0.2) is 16.4 Å². The van der Waals surface area contributed by atoms with E-state index in [1.165, 1.54) is 23.8 Å². The molecule has 30 heavy (non-hydrogen) atoms. The first kappa shape index (κ1) is 21.8. The molecule has 2 aliphatic heterocycles. The highest BCUT2D eigenvalue weighted by molar-refractivity contribution is 8.00. The lowest BCUT2D eigenvalue weighted by molar-refractivity contribution is -0.163. The van der Waals surface area contributed by atoms with E-state index in [1.54, 1.807) is 24.6 Å². The van der Waals surface area contributed by atoms with Crippen LogP contribution in [0.3, 0.4) is 0 Å². The van der Waals surface area contributed by atoms with Gasteiger partial charge in [-0.3, -0.25) is 14.4 Å². The van der Waals surface area contributed by atoms with Gasteiger partial charge in [-0.1, -0.05) is 24.7 Å². The number of nitrogens with zero attached hydrogens (tertiary/aromatic N) is 3. The van der Waals surface area contributed by atoms with Gasteiger partial charge in [-0.15, -0.1) is 23.1 Å². The lowest BCUT2D eigenvalue weighted by Crippen LogP contribution is -2.80. The number of thiazole rings is 1. The summed E-state index contributed by atoms with van der Waals surface area (Å²) in [5.74, 6) is -0.970. The number of carbonyl (C=O) groups excluding carboxylic acids is 3. The minimum atomic E-state index is -1.44. The molecule has 3 N–H and O–H groups in total. The number of thioether (sulfide) groups is 1. The second-order valence-corrected chi connectivity index (χ2v) is 8.38. The van der Waals surface area contributed by atoms with Crippen molar-refractivity contribution in [3.8, 4) is 0 Å². The Labute approximate surface area is 181 Å². The molecule has 1 unspecified atom stereocenters. The average molecular weight is 452 g/mol. The van der Waals surface area contributed by atoms with Crippen LogP contribution in [0.4, 0.5) is 5.13 Å².